The number of amides is 1. The maximum atomic E-state index is 13.7. The van der Waals surface area contributed by atoms with E-state index in [1.54, 1.807) is 19.1 Å². The number of nitrogens with one attached hydrogen (secondary N) is 1. The number of carbonyl (C=O) groups excluding carboxylic acids is 1. The normalized spacial score (nSPS) is 20.7. The molecule has 158 valence electrons. The van der Waals surface area contributed by atoms with Crippen LogP contribution in [0.4, 0.5) is 4.39 Å². The summed E-state index contributed by atoms with van der Waals surface area (Å²) in [5.41, 5.74) is 4.84. The molecule has 0 aromatic heterocycles. The van der Waals surface area contributed by atoms with E-state index >= 15 is 0 Å². The van der Waals surface area contributed by atoms with Gasteiger partial charge in [-0.1, -0.05) is 0 Å². The number of allylic oxidation sites excluding steroid dienone is 4. The van der Waals surface area contributed by atoms with E-state index in [9.17, 15) is 18.2 Å². The zero-order chi connectivity index (χ0) is 21.9. The Morgan fingerprint density at radius 2 is 1.93 bits per heavy atom. The zero-order valence-electron chi connectivity index (χ0n) is 16.3. The molecule has 0 heterocycles. The first-order chi connectivity index (χ1) is 14.2. The number of hydrogen-bond acceptors (Lipinski definition) is 5. The van der Waals surface area contributed by atoms with E-state index in [0.717, 1.165) is 5.56 Å². The van der Waals surface area contributed by atoms with Gasteiger partial charge >= 0.3 is 181 Å². The van der Waals surface area contributed by atoms with Crippen molar-refractivity contribution in [3.05, 3.63) is 82.6 Å². The summed E-state index contributed by atoms with van der Waals surface area (Å²) in [4.78, 5) is 11.3. The van der Waals surface area contributed by atoms with E-state index in [-0.39, 0.29) is 11.4 Å². The Labute approximate surface area is 181 Å². The van der Waals surface area contributed by atoms with Gasteiger partial charge in [0.1, 0.15) is 0 Å². The third kappa shape index (κ3) is 4.61. The SMILES string of the molecule is CC(=O)NO[As](=O)(OO)C1(C)C=C(c2ccccc2)C=C(c2ccc(F)c(Cl)c2)C1. The van der Waals surface area contributed by atoms with Gasteiger partial charge in [0.25, 0.3) is 0 Å². The van der Waals surface area contributed by atoms with E-state index in [2.05, 4.69) is 3.88 Å². The Kier molecular flexibility index (Phi) is 6.70. The van der Waals surface area contributed by atoms with Crippen molar-refractivity contribution in [3.8, 4) is 0 Å². The average Bonchev–Trinajstić information content (AvgIpc) is 2.74. The third-order valence-electron chi connectivity index (χ3n) is 4.78. The Morgan fingerprint density at radius 1 is 1.23 bits per heavy atom. The van der Waals surface area contributed by atoms with Crippen molar-refractivity contribution < 1.29 is 25.9 Å². The van der Waals surface area contributed by atoms with Crippen LogP contribution in [-0.2, 0) is 16.2 Å². The average molecular weight is 496 g/mol. The Balaban J connectivity index is 2.13. The summed E-state index contributed by atoms with van der Waals surface area (Å²) in [6, 6.07) is 13.6. The summed E-state index contributed by atoms with van der Waals surface area (Å²) in [7, 11) is 0. The minimum absolute atomic E-state index is 0.0487. The molecule has 0 bridgehead atoms. The first-order valence-corrected chi connectivity index (χ1v) is 12.6. The molecule has 9 heteroatoms. The molecule has 0 fully saturated rings. The van der Waals surface area contributed by atoms with Gasteiger partial charge in [0, 0.05) is 0 Å². The first-order valence-electron chi connectivity index (χ1n) is 9.00. The van der Waals surface area contributed by atoms with Crippen LogP contribution >= 0.6 is 11.6 Å². The van der Waals surface area contributed by atoms with E-state index < -0.39 is 30.1 Å². The van der Waals surface area contributed by atoms with E-state index in [1.165, 1.54) is 19.1 Å². The molecule has 0 radical (unpaired) electrons. The van der Waals surface area contributed by atoms with Gasteiger partial charge in [-0.05, 0) is 0 Å². The fourth-order valence-electron chi connectivity index (χ4n) is 3.25. The van der Waals surface area contributed by atoms with E-state index in [4.69, 9.17) is 15.4 Å². The fraction of sp³-hybridized carbons (Fsp3) is 0.190. The quantitative estimate of drug-likeness (QED) is 0.333. The first kappa shape index (κ1) is 22.5. The molecule has 1 amide bonds. The Morgan fingerprint density at radius 3 is 2.53 bits per heavy atom. The molecule has 0 spiro atoms. The summed E-state index contributed by atoms with van der Waals surface area (Å²) in [6.07, 6.45) is 3.69. The minimum atomic E-state index is -5.06. The van der Waals surface area contributed by atoms with Crippen molar-refractivity contribution in [2.24, 2.45) is 0 Å². The molecular formula is C21H20AsClFNO5. The van der Waals surface area contributed by atoms with Crippen LogP contribution in [0, 0.1) is 5.82 Å². The molecule has 2 aromatic rings. The molecule has 1 aliphatic rings. The number of hydroxylamine groups is 1. The summed E-state index contributed by atoms with van der Waals surface area (Å²) >= 11 is 0.899. The summed E-state index contributed by atoms with van der Waals surface area (Å²) in [5, 5.41) is 9.43. The monoisotopic (exact) mass is 495 g/mol. The second kappa shape index (κ2) is 8.92. The van der Waals surface area contributed by atoms with Crippen LogP contribution in [0.2, 0.25) is 9.23 Å². The number of carbonyl (C=O) groups is 1. The molecule has 0 saturated heterocycles. The van der Waals surface area contributed by atoms with Crippen LogP contribution in [0.25, 0.3) is 11.1 Å². The predicted octanol–water partition coefficient (Wildman–Crippen LogP) is 5.04. The van der Waals surface area contributed by atoms with Crippen LogP contribution in [0.5, 0.6) is 0 Å². The predicted molar refractivity (Wildman–Crippen MR) is 112 cm³/mol. The Bertz CT molecular complexity index is 1070. The van der Waals surface area contributed by atoms with Gasteiger partial charge in [0.2, 0.25) is 0 Å². The number of benzene rings is 2. The zero-order valence-corrected chi connectivity index (χ0v) is 18.9. The molecule has 2 unspecified atom stereocenters. The topological polar surface area (TPSA) is 84.9 Å². The van der Waals surface area contributed by atoms with Crippen LogP contribution in [-0.4, -0.2) is 25.3 Å². The van der Waals surface area contributed by atoms with Crippen molar-refractivity contribution >= 4 is 42.8 Å². The van der Waals surface area contributed by atoms with E-state index in [1.807, 2.05) is 41.9 Å². The van der Waals surface area contributed by atoms with Gasteiger partial charge in [0.05, 0.1) is 0 Å². The van der Waals surface area contributed by atoms with Gasteiger partial charge in [-0.2, -0.15) is 0 Å². The molecule has 2 aromatic carbocycles. The van der Waals surface area contributed by atoms with E-state index in [0.29, 0.717) is 16.7 Å². The molecule has 3 rings (SSSR count). The number of hydrogen-bond donors (Lipinski definition) is 2. The van der Waals surface area contributed by atoms with Crippen LogP contribution < -0.4 is 5.48 Å². The van der Waals surface area contributed by atoms with Crippen LogP contribution in [0.1, 0.15) is 31.4 Å². The van der Waals surface area contributed by atoms with Crippen molar-refractivity contribution in [2.45, 2.75) is 24.5 Å². The summed E-state index contributed by atoms with van der Waals surface area (Å²) in [5.74, 6) is -1.15. The van der Waals surface area contributed by atoms with Crippen molar-refractivity contribution in [1.29, 1.82) is 0 Å². The fourth-order valence-corrected chi connectivity index (χ4v) is 6.23. The molecule has 1 aliphatic carbocycles. The van der Waals surface area contributed by atoms with Gasteiger partial charge in [-0.15, -0.1) is 0 Å². The van der Waals surface area contributed by atoms with Crippen molar-refractivity contribution in [2.75, 3.05) is 0 Å². The number of halogens is 2. The summed E-state index contributed by atoms with van der Waals surface area (Å²) < 4.78 is 35.2. The van der Waals surface area contributed by atoms with Gasteiger partial charge in [0.15, 0.2) is 0 Å². The standard InChI is InChI=1S/C21H20AsClFNO5/c1-14(26)25-29-22(27,30-28)21(2)12-17(15-6-4-3-5-7-15)10-18(13-21)16-8-9-20(24)19(23)11-16/h3-12,28H,13H2,1-2H3,(H,25,26). The number of rotatable bonds is 6. The second-order valence-electron chi connectivity index (χ2n) is 7.13. The molecule has 2 atom stereocenters. The molecule has 0 saturated carbocycles. The van der Waals surface area contributed by atoms with Gasteiger partial charge in [-0.25, -0.2) is 0 Å². The van der Waals surface area contributed by atoms with Crippen LogP contribution in [0.3, 0.4) is 0 Å². The molecule has 2 N–H and O–H groups in total. The van der Waals surface area contributed by atoms with Gasteiger partial charge in [-0.3, -0.25) is 0 Å². The second-order valence-corrected chi connectivity index (χ2v) is 12.5. The van der Waals surface area contributed by atoms with Gasteiger partial charge < -0.3 is 0 Å². The maximum absolute atomic E-state index is 13.7. The molecule has 6 nitrogen and oxygen atoms in total. The third-order valence-corrected chi connectivity index (χ3v) is 9.45. The summed E-state index contributed by atoms with van der Waals surface area (Å²) in [6.45, 7) is 2.78. The Hall–Kier alpha value is -2.15. The molecular weight excluding hydrogens is 476 g/mol. The molecule has 0 aliphatic heterocycles. The molecule has 30 heavy (non-hydrogen) atoms. The van der Waals surface area contributed by atoms with Crippen LogP contribution in [0.15, 0.2) is 60.7 Å². The van der Waals surface area contributed by atoms with Crippen molar-refractivity contribution in [3.63, 3.8) is 0 Å². The van der Waals surface area contributed by atoms with Crippen molar-refractivity contribution in [1.82, 2.24) is 5.48 Å².